The van der Waals surface area contributed by atoms with Crippen LogP contribution in [0.2, 0.25) is 0 Å². The SMILES string of the molecule is O=C(O)CSc1nc2cc(F)ccc2n1N1CCCCC1. The van der Waals surface area contributed by atoms with Crippen LogP contribution < -0.4 is 5.01 Å². The van der Waals surface area contributed by atoms with E-state index in [0.29, 0.717) is 10.7 Å². The minimum atomic E-state index is -0.886. The van der Waals surface area contributed by atoms with Gasteiger partial charge >= 0.3 is 5.97 Å². The van der Waals surface area contributed by atoms with Crippen LogP contribution in [0, 0.1) is 5.82 Å². The first-order chi connectivity index (χ1) is 10.1. The van der Waals surface area contributed by atoms with E-state index >= 15 is 0 Å². The highest BCUT2D eigenvalue weighted by Gasteiger charge is 2.19. The van der Waals surface area contributed by atoms with Gasteiger partial charge in [0, 0.05) is 19.2 Å². The zero-order valence-corrected chi connectivity index (χ0v) is 12.3. The zero-order valence-electron chi connectivity index (χ0n) is 11.5. The Morgan fingerprint density at radius 3 is 2.81 bits per heavy atom. The van der Waals surface area contributed by atoms with Crippen LogP contribution >= 0.6 is 11.8 Å². The lowest BCUT2D eigenvalue weighted by Crippen LogP contribution is -2.39. The number of rotatable bonds is 4. The van der Waals surface area contributed by atoms with E-state index in [2.05, 4.69) is 9.99 Å². The Labute approximate surface area is 125 Å². The van der Waals surface area contributed by atoms with Crippen LogP contribution in [0.5, 0.6) is 0 Å². The lowest BCUT2D eigenvalue weighted by atomic mass is 10.2. The van der Waals surface area contributed by atoms with Crippen molar-refractivity contribution in [1.82, 2.24) is 9.66 Å². The molecule has 3 rings (SSSR count). The van der Waals surface area contributed by atoms with Crippen molar-refractivity contribution >= 4 is 28.8 Å². The van der Waals surface area contributed by atoms with Gasteiger partial charge in [-0.15, -0.1) is 0 Å². The molecular formula is C14H16FN3O2S. The predicted octanol–water partition coefficient (Wildman–Crippen LogP) is 2.47. The Bertz CT molecular complexity index is 668. The van der Waals surface area contributed by atoms with E-state index in [0.717, 1.165) is 31.4 Å². The summed E-state index contributed by atoms with van der Waals surface area (Å²) in [6.07, 6.45) is 3.41. The fraction of sp³-hybridized carbons (Fsp3) is 0.429. The first-order valence-electron chi connectivity index (χ1n) is 6.93. The zero-order chi connectivity index (χ0) is 14.8. The van der Waals surface area contributed by atoms with E-state index in [1.54, 1.807) is 6.07 Å². The maximum atomic E-state index is 13.4. The smallest absolute Gasteiger partial charge is 0.313 e. The summed E-state index contributed by atoms with van der Waals surface area (Å²) in [7, 11) is 0. The Balaban J connectivity index is 2.03. The fourth-order valence-corrected chi connectivity index (χ4v) is 3.34. The van der Waals surface area contributed by atoms with Crippen molar-refractivity contribution < 1.29 is 14.3 Å². The molecule has 0 amide bonds. The number of benzene rings is 1. The number of fused-ring (bicyclic) bond motifs is 1. The summed E-state index contributed by atoms with van der Waals surface area (Å²) >= 11 is 1.17. The first kappa shape index (κ1) is 14.2. The second-order valence-corrected chi connectivity index (χ2v) is 5.98. The van der Waals surface area contributed by atoms with Crippen molar-refractivity contribution in [2.75, 3.05) is 23.9 Å². The van der Waals surface area contributed by atoms with Crippen LogP contribution in [0.1, 0.15) is 19.3 Å². The molecule has 1 N–H and O–H groups in total. The fourth-order valence-electron chi connectivity index (χ4n) is 2.59. The van der Waals surface area contributed by atoms with E-state index in [4.69, 9.17) is 5.11 Å². The summed E-state index contributed by atoms with van der Waals surface area (Å²) in [4.78, 5) is 15.2. The summed E-state index contributed by atoms with van der Waals surface area (Å²) in [5.41, 5.74) is 1.39. The third-order valence-electron chi connectivity index (χ3n) is 3.50. The maximum absolute atomic E-state index is 13.4. The van der Waals surface area contributed by atoms with Crippen molar-refractivity contribution in [2.45, 2.75) is 24.4 Å². The van der Waals surface area contributed by atoms with E-state index < -0.39 is 5.97 Å². The second kappa shape index (κ2) is 5.93. The molecule has 1 fully saturated rings. The lowest BCUT2D eigenvalue weighted by molar-refractivity contribution is -0.133. The Hall–Kier alpha value is -1.76. The number of piperidine rings is 1. The van der Waals surface area contributed by atoms with E-state index in [-0.39, 0.29) is 11.6 Å². The number of imidazole rings is 1. The van der Waals surface area contributed by atoms with Crippen LogP contribution in [0.15, 0.2) is 23.4 Å². The topological polar surface area (TPSA) is 58.4 Å². The number of thioether (sulfide) groups is 1. The molecule has 2 aromatic rings. The molecule has 112 valence electrons. The predicted molar refractivity (Wildman–Crippen MR) is 79.9 cm³/mol. The summed E-state index contributed by atoms with van der Waals surface area (Å²) in [6, 6.07) is 4.51. The number of hydrogen-bond acceptors (Lipinski definition) is 4. The van der Waals surface area contributed by atoms with Gasteiger partial charge in [-0.2, -0.15) is 0 Å². The molecule has 0 bridgehead atoms. The largest absolute Gasteiger partial charge is 0.481 e. The van der Waals surface area contributed by atoms with Gasteiger partial charge in [0.1, 0.15) is 5.82 Å². The minimum Gasteiger partial charge on any atom is -0.481 e. The average Bonchev–Trinajstić information content (AvgIpc) is 2.83. The van der Waals surface area contributed by atoms with Crippen LogP contribution in [0.4, 0.5) is 4.39 Å². The number of carboxylic acid groups (broad SMARTS) is 1. The van der Waals surface area contributed by atoms with Gasteiger partial charge in [0.05, 0.1) is 16.8 Å². The monoisotopic (exact) mass is 309 g/mol. The molecule has 1 aromatic heterocycles. The van der Waals surface area contributed by atoms with Crippen molar-refractivity contribution in [3.05, 3.63) is 24.0 Å². The number of carboxylic acids is 1. The third kappa shape index (κ3) is 2.97. The highest BCUT2D eigenvalue weighted by Crippen LogP contribution is 2.26. The summed E-state index contributed by atoms with van der Waals surface area (Å²) < 4.78 is 15.3. The maximum Gasteiger partial charge on any atom is 0.313 e. The molecule has 2 heterocycles. The Morgan fingerprint density at radius 1 is 1.33 bits per heavy atom. The number of carbonyl (C=O) groups is 1. The molecule has 1 aliphatic rings. The molecule has 1 aromatic carbocycles. The van der Waals surface area contributed by atoms with Crippen LogP contribution in [0.3, 0.4) is 0 Å². The Morgan fingerprint density at radius 2 is 2.10 bits per heavy atom. The molecular weight excluding hydrogens is 293 g/mol. The molecule has 1 aliphatic heterocycles. The Kier molecular flexibility index (Phi) is 4.01. The first-order valence-corrected chi connectivity index (χ1v) is 7.91. The number of hydrogen-bond donors (Lipinski definition) is 1. The molecule has 0 radical (unpaired) electrons. The van der Waals surface area contributed by atoms with Gasteiger partial charge in [0.2, 0.25) is 0 Å². The van der Waals surface area contributed by atoms with Crippen LogP contribution in [-0.2, 0) is 4.79 Å². The summed E-state index contributed by atoms with van der Waals surface area (Å²) in [6.45, 7) is 1.81. The van der Waals surface area contributed by atoms with Crippen molar-refractivity contribution in [3.8, 4) is 0 Å². The van der Waals surface area contributed by atoms with Gasteiger partial charge in [-0.1, -0.05) is 11.8 Å². The third-order valence-corrected chi connectivity index (χ3v) is 4.42. The molecule has 0 saturated carbocycles. The van der Waals surface area contributed by atoms with Gasteiger partial charge in [-0.3, -0.25) is 4.79 Å². The number of aromatic nitrogens is 2. The summed E-state index contributed by atoms with van der Waals surface area (Å²) in [5.74, 6) is -1.27. The number of nitrogens with zero attached hydrogens (tertiary/aromatic N) is 3. The number of halogens is 1. The standard InChI is InChI=1S/C14H16FN3O2S/c15-10-4-5-12-11(8-10)16-14(21-9-13(19)20)18(12)17-6-2-1-3-7-17/h4-5,8H,1-3,6-7,9H2,(H,19,20). The van der Waals surface area contributed by atoms with Gasteiger partial charge in [0.15, 0.2) is 5.16 Å². The summed E-state index contributed by atoms with van der Waals surface area (Å²) in [5, 5.41) is 11.6. The molecule has 21 heavy (non-hydrogen) atoms. The van der Waals surface area contributed by atoms with Gasteiger partial charge in [-0.25, -0.2) is 14.1 Å². The highest BCUT2D eigenvalue weighted by molar-refractivity contribution is 7.99. The number of aliphatic carboxylic acids is 1. The molecule has 0 atom stereocenters. The highest BCUT2D eigenvalue weighted by atomic mass is 32.2. The van der Waals surface area contributed by atoms with Crippen molar-refractivity contribution in [1.29, 1.82) is 0 Å². The second-order valence-electron chi connectivity index (χ2n) is 5.04. The minimum absolute atomic E-state index is 0.0559. The molecule has 0 aliphatic carbocycles. The lowest BCUT2D eigenvalue weighted by Gasteiger charge is -2.31. The van der Waals surface area contributed by atoms with Gasteiger partial charge in [-0.05, 0) is 31.4 Å². The molecule has 7 heteroatoms. The van der Waals surface area contributed by atoms with Crippen LogP contribution in [-0.4, -0.2) is 39.6 Å². The van der Waals surface area contributed by atoms with Gasteiger partial charge < -0.3 is 10.1 Å². The molecule has 5 nitrogen and oxygen atoms in total. The molecule has 0 unspecified atom stereocenters. The normalized spacial score (nSPS) is 15.6. The molecule has 1 saturated heterocycles. The molecule has 0 spiro atoms. The quantitative estimate of drug-likeness (QED) is 0.879. The average molecular weight is 309 g/mol. The van der Waals surface area contributed by atoms with Crippen molar-refractivity contribution in [2.24, 2.45) is 0 Å². The van der Waals surface area contributed by atoms with Crippen molar-refractivity contribution in [3.63, 3.8) is 0 Å². The van der Waals surface area contributed by atoms with E-state index in [1.807, 2.05) is 4.68 Å². The van der Waals surface area contributed by atoms with Gasteiger partial charge in [0.25, 0.3) is 0 Å². The van der Waals surface area contributed by atoms with E-state index in [9.17, 15) is 9.18 Å². The van der Waals surface area contributed by atoms with E-state index in [1.165, 1.54) is 30.3 Å². The van der Waals surface area contributed by atoms with Crippen LogP contribution in [0.25, 0.3) is 11.0 Å².